The summed E-state index contributed by atoms with van der Waals surface area (Å²) in [6.45, 7) is 2.42. The van der Waals surface area contributed by atoms with Crippen LogP contribution in [0.3, 0.4) is 0 Å². The number of urea groups is 1. The molecule has 0 fully saturated rings. The number of fused-ring (bicyclic) bond motifs is 1. The summed E-state index contributed by atoms with van der Waals surface area (Å²) in [5.41, 5.74) is 3.04. The van der Waals surface area contributed by atoms with Crippen molar-refractivity contribution in [2.75, 3.05) is 19.0 Å². The number of ether oxygens (including phenoxy) is 1. The van der Waals surface area contributed by atoms with Gasteiger partial charge in [-0.15, -0.1) is 0 Å². The highest BCUT2D eigenvalue weighted by molar-refractivity contribution is 5.96. The Balaban J connectivity index is 1.69. The standard InChI is InChI=1S/C19H21N3O3/c1-12-11-13(18(23)20-2)7-8-15(12)21-19(24)22-16-9-10-25-17-6-4-3-5-14(16)17/h3-8,11,16H,9-10H2,1-2H3,(H,20,23)(H2,21,22,24)/t16-/m1/s1. The number of nitrogens with one attached hydrogen (secondary N) is 3. The molecule has 1 heterocycles. The van der Waals surface area contributed by atoms with Crippen LogP contribution in [0.4, 0.5) is 10.5 Å². The van der Waals surface area contributed by atoms with Gasteiger partial charge >= 0.3 is 6.03 Å². The Morgan fingerprint density at radius 1 is 1.16 bits per heavy atom. The number of rotatable bonds is 3. The molecular formula is C19H21N3O3. The van der Waals surface area contributed by atoms with E-state index < -0.39 is 0 Å². The summed E-state index contributed by atoms with van der Waals surface area (Å²) in [6.07, 6.45) is 0.721. The Morgan fingerprint density at radius 2 is 1.96 bits per heavy atom. The van der Waals surface area contributed by atoms with Gasteiger partial charge in [0.05, 0.1) is 12.6 Å². The van der Waals surface area contributed by atoms with Crippen molar-refractivity contribution in [1.29, 1.82) is 0 Å². The number of amides is 3. The maximum absolute atomic E-state index is 12.4. The molecule has 0 unspecified atom stereocenters. The Bertz CT molecular complexity index is 804. The fourth-order valence-corrected chi connectivity index (χ4v) is 2.90. The van der Waals surface area contributed by atoms with Gasteiger partial charge in [0.1, 0.15) is 5.75 Å². The minimum absolute atomic E-state index is 0.0876. The van der Waals surface area contributed by atoms with Crippen molar-refractivity contribution in [2.24, 2.45) is 0 Å². The molecule has 2 aromatic rings. The van der Waals surface area contributed by atoms with Gasteiger partial charge in [0, 0.05) is 30.3 Å². The molecule has 130 valence electrons. The summed E-state index contributed by atoms with van der Waals surface area (Å²) in [5.74, 6) is 0.656. The molecule has 1 atom stereocenters. The molecular weight excluding hydrogens is 318 g/mol. The minimum atomic E-state index is -0.280. The Morgan fingerprint density at radius 3 is 2.72 bits per heavy atom. The number of hydrogen-bond donors (Lipinski definition) is 3. The van der Waals surface area contributed by atoms with Crippen molar-refractivity contribution < 1.29 is 14.3 Å². The van der Waals surface area contributed by atoms with E-state index in [1.807, 2.05) is 31.2 Å². The normalized spacial score (nSPS) is 15.5. The second kappa shape index (κ2) is 7.25. The SMILES string of the molecule is CNC(=O)c1ccc(NC(=O)N[C@@H]2CCOc3ccccc32)c(C)c1. The topological polar surface area (TPSA) is 79.5 Å². The maximum atomic E-state index is 12.4. The summed E-state index contributed by atoms with van der Waals surface area (Å²) in [5, 5.41) is 8.42. The van der Waals surface area contributed by atoms with Crippen LogP contribution in [-0.4, -0.2) is 25.6 Å². The summed E-state index contributed by atoms with van der Waals surface area (Å²) >= 11 is 0. The Labute approximate surface area is 146 Å². The average molecular weight is 339 g/mol. The largest absolute Gasteiger partial charge is 0.493 e. The lowest BCUT2D eigenvalue weighted by Gasteiger charge is -2.26. The zero-order valence-electron chi connectivity index (χ0n) is 14.3. The van der Waals surface area contributed by atoms with Crippen LogP contribution >= 0.6 is 0 Å². The summed E-state index contributed by atoms with van der Waals surface area (Å²) in [4.78, 5) is 24.0. The van der Waals surface area contributed by atoms with Gasteiger partial charge in [0.15, 0.2) is 0 Å². The number of aryl methyl sites for hydroxylation is 1. The molecule has 0 spiro atoms. The van der Waals surface area contributed by atoms with Gasteiger partial charge in [0.2, 0.25) is 0 Å². The third-order valence-corrected chi connectivity index (χ3v) is 4.23. The molecule has 6 heteroatoms. The van der Waals surface area contributed by atoms with E-state index in [2.05, 4.69) is 16.0 Å². The summed E-state index contributed by atoms with van der Waals surface area (Å²) < 4.78 is 5.61. The van der Waals surface area contributed by atoms with Crippen LogP contribution in [0.1, 0.15) is 33.9 Å². The molecule has 1 aliphatic heterocycles. The van der Waals surface area contributed by atoms with E-state index in [1.54, 1.807) is 25.2 Å². The number of carbonyl (C=O) groups excluding carboxylic acids is 2. The van der Waals surface area contributed by atoms with E-state index in [0.717, 1.165) is 23.3 Å². The molecule has 25 heavy (non-hydrogen) atoms. The predicted octanol–water partition coefficient (Wildman–Crippen LogP) is 3.00. The molecule has 0 saturated heterocycles. The molecule has 0 radical (unpaired) electrons. The van der Waals surface area contributed by atoms with Crippen LogP contribution in [-0.2, 0) is 0 Å². The van der Waals surface area contributed by atoms with Gasteiger partial charge < -0.3 is 20.7 Å². The van der Waals surface area contributed by atoms with Crippen LogP contribution < -0.4 is 20.7 Å². The molecule has 2 aromatic carbocycles. The molecule has 3 amide bonds. The molecule has 1 aliphatic rings. The van der Waals surface area contributed by atoms with E-state index in [0.29, 0.717) is 17.9 Å². The first-order valence-electron chi connectivity index (χ1n) is 8.20. The number of benzene rings is 2. The van der Waals surface area contributed by atoms with Gasteiger partial charge in [-0.3, -0.25) is 4.79 Å². The van der Waals surface area contributed by atoms with Crippen molar-refractivity contribution in [1.82, 2.24) is 10.6 Å². The van der Waals surface area contributed by atoms with Crippen molar-refractivity contribution in [3.63, 3.8) is 0 Å². The van der Waals surface area contributed by atoms with Crippen LogP contribution in [0.5, 0.6) is 5.75 Å². The fraction of sp³-hybridized carbons (Fsp3) is 0.263. The molecule has 3 rings (SSSR count). The van der Waals surface area contributed by atoms with E-state index in [1.165, 1.54) is 0 Å². The van der Waals surface area contributed by atoms with Gasteiger partial charge in [-0.05, 0) is 36.8 Å². The first-order valence-corrected chi connectivity index (χ1v) is 8.20. The van der Waals surface area contributed by atoms with Crippen molar-refractivity contribution in [3.8, 4) is 5.75 Å². The highest BCUT2D eigenvalue weighted by Crippen LogP contribution is 2.31. The lowest BCUT2D eigenvalue weighted by atomic mass is 10.0. The first-order chi connectivity index (χ1) is 12.1. The quantitative estimate of drug-likeness (QED) is 0.804. The Hall–Kier alpha value is -3.02. The van der Waals surface area contributed by atoms with Gasteiger partial charge in [-0.2, -0.15) is 0 Å². The lowest BCUT2D eigenvalue weighted by Crippen LogP contribution is -2.35. The number of carbonyl (C=O) groups is 2. The third kappa shape index (κ3) is 3.74. The number of anilines is 1. The first kappa shape index (κ1) is 16.8. The zero-order chi connectivity index (χ0) is 17.8. The smallest absolute Gasteiger partial charge is 0.319 e. The fourth-order valence-electron chi connectivity index (χ4n) is 2.90. The van der Waals surface area contributed by atoms with E-state index in [4.69, 9.17) is 4.74 Å². The number of hydrogen-bond acceptors (Lipinski definition) is 3. The molecule has 0 saturated carbocycles. The highest BCUT2D eigenvalue weighted by atomic mass is 16.5. The molecule has 0 aromatic heterocycles. The van der Waals surface area contributed by atoms with Gasteiger partial charge in [-0.25, -0.2) is 4.79 Å². The average Bonchev–Trinajstić information content (AvgIpc) is 2.63. The second-order valence-corrected chi connectivity index (χ2v) is 5.93. The summed E-state index contributed by atoms with van der Waals surface area (Å²) in [6, 6.07) is 12.5. The highest BCUT2D eigenvalue weighted by Gasteiger charge is 2.22. The van der Waals surface area contributed by atoms with Crippen LogP contribution in [0.2, 0.25) is 0 Å². The van der Waals surface area contributed by atoms with Gasteiger partial charge in [0.25, 0.3) is 5.91 Å². The van der Waals surface area contributed by atoms with Gasteiger partial charge in [-0.1, -0.05) is 18.2 Å². The van der Waals surface area contributed by atoms with Crippen LogP contribution in [0, 0.1) is 6.92 Å². The predicted molar refractivity (Wildman–Crippen MR) is 96.0 cm³/mol. The molecule has 0 aliphatic carbocycles. The van der Waals surface area contributed by atoms with Crippen LogP contribution in [0.25, 0.3) is 0 Å². The molecule has 6 nitrogen and oxygen atoms in total. The monoisotopic (exact) mass is 339 g/mol. The van der Waals surface area contributed by atoms with Crippen molar-refractivity contribution >= 4 is 17.6 Å². The maximum Gasteiger partial charge on any atom is 0.319 e. The zero-order valence-corrected chi connectivity index (χ0v) is 14.3. The van der Waals surface area contributed by atoms with Crippen LogP contribution in [0.15, 0.2) is 42.5 Å². The van der Waals surface area contributed by atoms with E-state index in [-0.39, 0.29) is 18.0 Å². The van der Waals surface area contributed by atoms with E-state index >= 15 is 0 Å². The molecule has 0 bridgehead atoms. The lowest BCUT2D eigenvalue weighted by molar-refractivity contribution is 0.0963. The van der Waals surface area contributed by atoms with Crippen molar-refractivity contribution in [2.45, 2.75) is 19.4 Å². The second-order valence-electron chi connectivity index (χ2n) is 5.93. The summed E-state index contributed by atoms with van der Waals surface area (Å²) in [7, 11) is 1.59. The minimum Gasteiger partial charge on any atom is -0.493 e. The number of para-hydroxylation sites is 1. The Kier molecular flexibility index (Phi) is 4.88. The molecule has 3 N–H and O–H groups in total. The third-order valence-electron chi connectivity index (χ3n) is 4.23. The van der Waals surface area contributed by atoms with E-state index in [9.17, 15) is 9.59 Å². The van der Waals surface area contributed by atoms with Crippen molar-refractivity contribution in [3.05, 3.63) is 59.2 Å².